The van der Waals surface area contributed by atoms with E-state index < -0.39 is 20.9 Å². The highest BCUT2D eigenvalue weighted by atomic mass is 32.2. The summed E-state index contributed by atoms with van der Waals surface area (Å²) in [7, 11) is -3.82. The fraction of sp³-hybridized carbons (Fsp3) is 0.583. The van der Waals surface area contributed by atoms with E-state index in [9.17, 15) is 18.0 Å². The molecule has 2 N–H and O–H groups in total. The largest absolute Gasteiger partial charge is 0.381 e. The van der Waals surface area contributed by atoms with Crippen LogP contribution in [0.25, 0.3) is 0 Å². The molecule has 0 unspecified atom stereocenters. The molecule has 182 valence electrons. The molecule has 0 aliphatic carbocycles. The Kier molecular flexibility index (Phi) is 7.36. The van der Waals surface area contributed by atoms with Crippen molar-refractivity contribution >= 4 is 27.5 Å². The summed E-state index contributed by atoms with van der Waals surface area (Å²) in [6.07, 6.45) is 2.55. The molecular weight excluding hydrogens is 442 g/mol. The average molecular weight is 478 g/mol. The van der Waals surface area contributed by atoms with Crippen molar-refractivity contribution in [2.75, 3.05) is 31.6 Å². The second-order valence-electron chi connectivity index (χ2n) is 10.3. The van der Waals surface area contributed by atoms with Crippen LogP contribution in [-0.4, -0.2) is 56.9 Å². The van der Waals surface area contributed by atoms with Crippen molar-refractivity contribution in [1.82, 2.24) is 9.62 Å². The Balaban J connectivity index is 1.81. The third-order valence-corrected chi connectivity index (χ3v) is 8.32. The van der Waals surface area contributed by atoms with Crippen molar-refractivity contribution in [3.63, 3.8) is 0 Å². The van der Waals surface area contributed by atoms with Crippen molar-refractivity contribution in [1.29, 1.82) is 0 Å². The maximum atomic E-state index is 13.6. The molecule has 3 rings (SSSR count). The van der Waals surface area contributed by atoms with Crippen LogP contribution in [0, 0.1) is 16.7 Å². The second kappa shape index (κ2) is 9.56. The quantitative estimate of drug-likeness (QED) is 0.613. The molecule has 9 heteroatoms. The molecule has 0 spiro atoms. The Labute approximate surface area is 196 Å². The summed E-state index contributed by atoms with van der Waals surface area (Å²) < 4.78 is 33.9. The highest BCUT2D eigenvalue weighted by Gasteiger charge is 2.50. The van der Waals surface area contributed by atoms with Gasteiger partial charge in [-0.25, -0.2) is 8.42 Å². The monoisotopic (exact) mass is 477 g/mol. The topological polar surface area (TPSA) is 105 Å². The van der Waals surface area contributed by atoms with Crippen LogP contribution in [0.4, 0.5) is 5.69 Å². The summed E-state index contributed by atoms with van der Waals surface area (Å²) in [6.45, 7) is 12.9. The highest BCUT2D eigenvalue weighted by molar-refractivity contribution is 7.89. The van der Waals surface area contributed by atoms with E-state index in [0.717, 1.165) is 0 Å². The summed E-state index contributed by atoms with van der Waals surface area (Å²) in [4.78, 5) is 24.7. The normalized spacial score (nSPS) is 21.8. The molecular formula is C24H35N3O5S. The predicted molar refractivity (Wildman–Crippen MR) is 127 cm³/mol. The molecule has 1 aromatic carbocycles. The van der Waals surface area contributed by atoms with E-state index in [2.05, 4.69) is 17.2 Å². The van der Waals surface area contributed by atoms with Gasteiger partial charge in [-0.1, -0.05) is 40.3 Å². The number of amides is 2. The first-order chi connectivity index (χ1) is 15.4. The number of sulfonamides is 1. The highest BCUT2D eigenvalue weighted by Crippen LogP contribution is 2.42. The number of rotatable bonds is 6. The van der Waals surface area contributed by atoms with Crippen molar-refractivity contribution in [3.8, 4) is 0 Å². The first-order valence-corrected chi connectivity index (χ1v) is 12.7. The Morgan fingerprint density at radius 3 is 2.30 bits per heavy atom. The molecule has 8 nitrogen and oxygen atoms in total. The van der Waals surface area contributed by atoms with Crippen LogP contribution in [0.1, 0.15) is 40.5 Å². The molecule has 0 radical (unpaired) electrons. The smallest absolute Gasteiger partial charge is 0.243 e. The molecule has 0 aromatic heterocycles. The number of ether oxygens (including phenoxy) is 1. The molecule has 2 saturated heterocycles. The van der Waals surface area contributed by atoms with E-state index in [0.29, 0.717) is 31.7 Å². The van der Waals surface area contributed by atoms with Crippen molar-refractivity contribution in [2.24, 2.45) is 16.7 Å². The zero-order chi connectivity index (χ0) is 24.4. The number of benzene rings is 1. The van der Waals surface area contributed by atoms with E-state index in [1.807, 2.05) is 27.7 Å². The van der Waals surface area contributed by atoms with Crippen LogP contribution >= 0.6 is 0 Å². The molecule has 2 aliphatic rings. The van der Waals surface area contributed by atoms with E-state index in [4.69, 9.17) is 4.74 Å². The van der Waals surface area contributed by atoms with Gasteiger partial charge in [0.25, 0.3) is 0 Å². The molecule has 2 amide bonds. The first kappa shape index (κ1) is 25.4. The molecule has 2 heterocycles. The number of hydrogen-bond donors (Lipinski definition) is 2. The van der Waals surface area contributed by atoms with Gasteiger partial charge in [-0.05, 0) is 47.9 Å². The van der Waals surface area contributed by atoms with E-state index in [1.165, 1.54) is 16.4 Å². The van der Waals surface area contributed by atoms with Crippen LogP contribution in [0.2, 0.25) is 0 Å². The third-order valence-electron chi connectivity index (χ3n) is 6.53. The summed E-state index contributed by atoms with van der Waals surface area (Å²) in [5.41, 5.74) is -0.565. The molecule has 1 aromatic rings. The minimum atomic E-state index is -3.82. The van der Waals surface area contributed by atoms with Crippen molar-refractivity contribution in [3.05, 3.63) is 36.9 Å². The number of carbonyl (C=O) groups excluding carboxylic acids is 2. The number of nitrogens with one attached hydrogen (secondary N) is 2. The Morgan fingerprint density at radius 2 is 1.73 bits per heavy atom. The van der Waals surface area contributed by atoms with Crippen LogP contribution < -0.4 is 10.6 Å². The Morgan fingerprint density at radius 1 is 1.12 bits per heavy atom. The molecule has 0 saturated carbocycles. The fourth-order valence-corrected chi connectivity index (χ4v) is 6.88. The molecule has 0 bridgehead atoms. The van der Waals surface area contributed by atoms with Gasteiger partial charge >= 0.3 is 0 Å². The minimum absolute atomic E-state index is 0.117. The van der Waals surface area contributed by atoms with Crippen LogP contribution in [0.5, 0.6) is 0 Å². The van der Waals surface area contributed by atoms with Gasteiger partial charge < -0.3 is 15.4 Å². The number of nitrogens with zero attached hydrogens (tertiary/aromatic N) is 1. The Bertz CT molecular complexity index is 995. The predicted octanol–water partition coefficient (Wildman–Crippen LogP) is 2.78. The first-order valence-electron chi connectivity index (χ1n) is 11.3. The average Bonchev–Trinajstić information content (AvgIpc) is 2.76. The lowest BCUT2D eigenvalue weighted by Gasteiger charge is -2.52. The number of anilines is 1. The van der Waals surface area contributed by atoms with Gasteiger partial charge in [0.05, 0.1) is 4.90 Å². The summed E-state index contributed by atoms with van der Waals surface area (Å²) in [6, 6.07) is 6.16. The Hall–Kier alpha value is -2.23. The fourth-order valence-electron chi connectivity index (χ4n) is 5.05. The van der Waals surface area contributed by atoms with Crippen LogP contribution in [0.15, 0.2) is 41.8 Å². The van der Waals surface area contributed by atoms with Gasteiger partial charge in [-0.15, -0.1) is 0 Å². The van der Waals surface area contributed by atoms with Gasteiger partial charge in [0.2, 0.25) is 21.8 Å². The molecule has 33 heavy (non-hydrogen) atoms. The molecule has 0 atom stereocenters. The molecule has 2 fully saturated rings. The third kappa shape index (κ3) is 5.65. The summed E-state index contributed by atoms with van der Waals surface area (Å²) in [5.74, 6) is -0.523. The van der Waals surface area contributed by atoms with Crippen LogP contribution in [-0.2, 0) is 24.3 Å². The maximum Gasteiger partial charge on any atom is 0.243 e. The van der Waals surface area contributed by atoms with Gasteiger partial charge in [0, 0.05) is 44.0 Å². The van der Waals surface area contributed by atoms with Gasteiger partial charge in [0.1, 0.15) is 0 Å². The second-order valence-corrected chi connectivity index (χ2v) is 12.2. The summed E-state index contributed by atoms with van der Waals surface area (Å²) >= 11 is 0. The zero-order valence-corrected chi connectivity index (χ0v) is 20.7. The lowest BCUT2D eigenvalue weighted by molar-refractivity contribution is -0.122. The van der Waals surface area contributed by atoms with Gasteiger partial charge in [-0.3, -0.25) is 9.59 Å². The van der Waals surface area contributed by atoms with Crippen LogP contribution in [0.3, 0.4) is 0 Å². The zero-order valence-electron chi connectivity index (χ0n) is 19.9. The minimum Gasteiger partial charge on any atom is -0.381 e. The van der Waals surface area contributed by atoms with Gasteiger partial charge in [-0.2, -0.15) is 4.31 Å². The maximum absolute atomic E-state index is 13.6. The number of hydrogen-bond acceptors (Lipinski definition) is 5. The lowest BCUT2D eigenvalue weighted by atomic mass is 9.67. The van der Waals surface area contributed by atoms with Gasteiger partial charge in [0.15, 0.2) is 0 Å². The number of carbonyl (C=O) groups is 2. The SMILES string of the molecule is C=CC(=O)NC1C(C)(C)CN(S(=O)(=O)c2cccc(NC(=O)C3CCOCC3)c2)CC1(C)C. The number of piperidine rings is 1. The van der Waals surface area contributed by atoms with E-state index in [1.54, 1.807) is 18.2 Å². The van der Waals surface area contributed by atoms with Crippen molar-refractivity contribution < 1.29 is 22.7 Å². The lowest BCUT2D eigenvalue weighted by Crippen LogP contribution is -2.64. The molecule has 2 aliphatic heterocycles. The summed E-state index contributed by atoms with van der Waals surface area (Å²) in [5, 5.41) is 5.85. The standard InChI is InChI=1S/C24H35N3O5S/c1-6-20(28)26-22-23(2,3)15-27(16-24(22,4)5)33(30,31)19-9-7-8-18(14-19)25-21(29)17-10-12-32-13-11-17/h6-9,14,17,22H,1,10-13,15-16H2,2-5H3,(H,25,29)(H,26,28). The van der Waals surface area contributed by atoms with E-state index >= 15 is 0 Å². The van der Waals surface area contributed by atoms with Crippen molar-refractivity contribution in [2.45, 2.75) is 51.5 Å². The van der Waals surface area contributed by atoms with E-state index in [-0.39, 0.29) is 41.8 Å².